The second-order valence-electron chi connectivity index (χ2n) is 6.48. The molecular formula is C20H19N3O2. The molecule has 0 aliphatic heterocycles. The third-order valence-corrected chi connectivity index (χ3v) is 4.85. The number of carbonyl (C=O) groups is 1. The Kier molecular flexibility index (Phi) is 3.84. The Morgan fingerprint density at radius 3 is 2.96 bits per heavy atom. The van der Waals surface area contributed by atoms with Gasteiger partial charge in [-0.3, -0.25) is 14.0 Å². The minimum absolute atomic E-state index is 0.0601. The van der Waals surface area contributed by atoms with Crippen molar-refractivity contribution in [2.75, 3.05) is 0 Å². The Morgan fingerprint density at radius 2 is 2.08 bits per heavy atom. The zero-order valence-electron chi connectivity index (χ0n) is 14.0. The molecule has 0 radical (unpaired) electrons. The fourth-order valence-electron chi connectivity index (χ4n) is 3.54. The van der Waals surface area contributed by atoms with Gasteiger partial charge in [-0.05, 0) is 48.9 Å². The van der Waals surface area contributed by atoms with Gasteiger partial charge in [0.05, 0.1) is 6.04 Å². The summed E-state index contributed by atoms with van der Waals surface area (Å²) in [5.74, 6) is -0.366. The number of amides is 1. The molecule has 0 fully saturated rings. The van der Waals surface area contributed by atoms with E-state index in [1.807, 2.05) is 31.2 Å². The molecule has 5 heteroatoms. The van der Waals surface area contributed by atoms with Crippen LogP contribution in [-0.2, 0) is 6.42 Å². The van der Waals surface area contributed by atoms with E-state index >= 15 is 0 Å². The average Bonchev–Trinajstić information content (AvgIpc) is 2.63. The van der Waals surface area contributed by atoms with Crippen molar-refractivity contribution < 1.29 is 4.79 Å². The number of nitrogens with one attached hydrogen (secondary N) is 1. The van der Waals surface area contributed by atoms with Gasteiger partial charge in [0.2, 0.25) is 0 Å². The topological polar surface area (TPSA) is 63.5 Å². The molecule has 0 saturated heterocycles. The van der Waals surface area contributed by atoms with Crippen LogP contribution in [0.2, 0.25) is 0 Å². The van der Waals surface area contributed by atoms with E-state index in [4.69, 9.17) is 0 Å². The van der Waals surface area contributed by atoms with E-state index in [2.05, 4.69) is 16.4 Å². The van der Waals surface area contributed by atoms with E-state index in [1.165, 1.54) is 16.2 Å². The van der Waals surface area contributed by atoms with Crippen molar-refractivity contribution in [3.05, 3.63) is 81.4 Å². The number of carbonyl (C=O) groups excluding carboxylic acids is 1. The quantitative estimate of drug-likeness (QED) is 0.784. The Labute approximate surface area is 145 Å². The number of fused-ring (bicyclic) bond motifs is 2. The minimum atomic E-state index is -0.366. The SMILES string of the molecule is Cc1cccn2c(=O)c(C(=O)N[C@@H]3CCCc4ccccc43)cnc12. The lowest BCUT2D eigenvalue weighted by Crippen LogP contribution is -2.35. The van der Waals surface area contributed by atoms with Crippen LogP contribution in [0.3, 0.4) is 0 Å². The highest BCUT2D eigenvalue weighted by Gasteiger charge is 2.23. The summed E-state index contributed by atoms with van der Waals surface area (Å²) >= 11 is 0. The molecule has 4 rings (SSSR count). The largest absolute Gasteiger partial charge is 0.345 e. The molecule has 1 atom stereocenters. The molecule has 1 aliphatic carbocycles. The first-order valence-corrected chi connectivity index (χ1v) is 8.51. The molecule has 1 aliphatic rings. The van der Waals surface area contributed by atoms with E-state index < -0.39 is 0 Å². The summed E-state index contributed by atoms with van der Waals surface area (Å²) in [4.78, 5) is 29.7. The minimum Gasteiger partial charge on any atom is -0.345 e. The van der Waals surface area contributed by atoms with Gasteiger partial charge in [0, 0.05) is 12.4 Å². The predicted molar refractivity (Wildman–Crippen MR) is 95.8 cm³/mol. The molecule has 1 aromatic carbocycles. The number of pyridine rings is 1. The third kappa shape index (κ3) is 2.71. The van der Waals surface area contributed by atoms with Crippen molar-refractivity contribution in [1.29, 1.82) is 0 Å². The fourth-order valence-corrected chi connectivity index (χ4v) is 3.54. The van der Waals surface area contributed by atoms with Gasteiger partial charge in [-0.15, -0.1) is 0 Å². The van der Waals surface area contributed by atoms with E-state index in [1.54, 1.807) is 12.3 Å². The molecule has 5 nitrogen and oxygen atoms in total. The Balaban J connectivity index is 1.68. The Bertz CT molecular complexity index is 1020. The zero-order chi connectivity index (χ0) is 17.4. The van der Waals surface area contributed by atoms with Crippen molar-refractivity contribution in [2.45, 2.75) is 32.2 Å². The van der Waals surface area contributed by atoms with Crippen LogP contribution in [0.1, 0.15) is 45.9 Å². The summed E-state index contributed by atoms with van der Waals surface area (Å²) < 4.78 is 1.43. The van der Waals surface area contributed by atoms with Crippen molar-refractivity contribution in [3.63, 3.8) is 0 Å². The second-order valence-corrected chi connectivity index (χ2v) is 6.48. The number of benzene rings is 1. The lowest BCUT2D eigenvalue weighted by molar-refractivity contribution is 0.0930. The molecule has 2 heterocycles. The van der Waals surface area contributed by atoms with Crippen molar-refractivity contribution >= 4 is 11.6 Å². The average molecular weight is 333 g/mol. The highest BCUT2D eigenvalue weighted by atomic mass is 16.2. The molecule has 0 saturated carbocycles. The molecule has 0 bridgehead atoms. The number of aryl methyl sites for hydroxylation is 2. The number of hydrogen-bond acceptors (Lipinski definition) is 3. The summed E-state index contributed by atoms with van der Waals surface area (Å²) in [7, 11) is 0. The first-order chi connectivity index (χ1) is 12.1. The highest BCUT2D eigenvalue weighted by molar-refractivity contribution is 5.94. The summed E-state index contributed by atoms with van der Waals surface area (Å²) in [6.07, 6.45) is 5.96. The first-order valence-electron chi connectivity index (χ1n) is 8.51. The highest BCUT2D eigenvalue weighted by Crippen LogP contribution is 2.29. The lowest BCUT2D eigenvalue weighted by Gasteiger charge is -2.26. The van der Waals surface area contributed by atoms with E-state index in [0.717, 1.165) is 30.4 Å². The second kappa shape index (κ2) is 6.16. The third-order valence-electron chi connectivity index (χ3n) is 4.85. The standard InChI is InChI=1S/C20H19N3O2/c1-13-6-5-11-23-18(13)21-12-16(20(23)25)19(24)22-17-10-4-8-14-7-2-3-9-15(14)17/h2-3,5-7,9,11-12,17H,4,8,10H2,1H3,(H,22,24)/t17-/m1/s1. The van der Waals surface area contributed by atoms with Crippen LogP contribution < -0.4 is 10.9 Å². The van der Waals surface area contributed by atoms with Gasteiger partial charge in [0.15, 0.2) is 0 Å². The van der Waals surface area contributed by atoms with E-state index in [0.29, 0.717) is 5.65 Å². The number of rotatable bonds is 2. The maximum absolute atomic E-state index is 12.7. The molecule has 126 valence electrons. The molecular weight excluding hydrogens is 314 g/mol. The van der Waals surface area contributed by atoms with Gasteiger partial charge in [-0.25, -0.2) is 4.98 Å². The van der Waals surface area contributed by atoms with E-state index in [-0.39, 0.29) is 23.1 Å². The Morgan fingerprint density at radius 1 is 1.24 bits per heavy atom. The number of nitrogens with zero attached hydrogens (tertiary/aromatic N) is 2. The maximum Gasteiger partial charge on any atom is 0.270 e. The van der Waals surface area contributed by atoms with Crippen LogP contribution in [0.15, 0.2) is 53.6 Å². The summed E-state index contributed by atoms with van der Waals surface area (Å²) in [6, 6.07) is 11.8. The van der Waals surface area contributed by atoms with Gasteiger partial charge in [-0.1, -0.05) is 30.3 Å². The van der Waals surface area contributed by atoms with Gasteiger partial charge >= 0.3 is 0 Å². The van der Waals surface area contributed by atoms with Gasteiger partial charge in [0.25, 0.3) is 11.5 Å². The monoisotopic (exact) mass is 333 g/mol. The lowest BCUT2D eigenvalue weighted by atomic mass is 9.87. The predicted octanol–water partition coefficient (Wildman–Crippen LogP) is 2.81. The number of hydrogen-bond donors (Lipinski definition) is 1. The summed E-state index contributed by atoms with van der Waals surface area (Å²) in [5.41, 5.74) is 3.62. The van der Waals surface area contributed by atoms with Crippen LogP contribution in [0.25, 0.3) is 5.65 Å². The van der Waals surface area contributed by atoms with E-state index in [9.17, 15) is 9.59 Å². The molecule has 25 heavy (non-hydrogen) atoms. The molecule has 1 N–H and O–H groups in total. The molecule has 3 aromatic rings. The van der Waals surface area contributed by atoms with Crippen LogP contribution in [0.5, 0.6) is 0 Å². The van der Waals surface area contributed by atoms with Crippen molar-refractivity contribution in [1.82, 2.24) is 14.7 Å². The van der Waals surface area contributed by atoms with Gasteiger partial charge in [0.1, 0.15) is 11.2 Å². The van der Waals surface area contributed by atoms with Crippen LogP contribution in [-0.4, -0.2) is 15.3 Å². The van der Waals surface area contributed by atoms with Crippen LogP contribution in [0, 0.1) is 6.92 Å². The van der Waals surface area contributed by atoms with Crippen molar-refractivity contribution in [2.24, 2.45) is 0 Å². The van der Waals surface area contributed by atoms with Crippen LogP contribution >= 0.6 is 0 Å². The normalized spacial score (nSPS) is 16.4. The summed E-state index contributed by atoms with van der Waals surface area (Å²) in [6.45, 7) is 1.89. The summed E-state index contributed by atoms with van der Waals surface area (Å²) in [5, 5.41) is 3.02. The molecule has 0 spiro atoms. The van der Waals surface area contributed by atoms with Crippen LogP contribution in [0.4, 0.5) is 0 Å². The smallest absolute Gasteiger partial charge is 0.270 e. The number of aromatic nitrogens is 2. The molecule has 1 amide bonds. The van der Waals surface area contributed by atoms with Gasteiger partial charge in [-0.2, -0.15) is 0 Å². The maximum atomic E-state index is 12.7. The fraction of sp³-hybridized carbons (Fsp3) is 0.250. The Hall–Kier alpha value is -2.95. The molecule has 2 aromatic heterocycles. The van der Waals surface area contributed by atoms with Gasteiger partial charge < -0.3 is 5.32 Å². The first kappa shape index (κ1) is 15.6. The van der Waals surface area contributed by atoms with Crippen molar-refractivity contribution in [3.8, 4) is 0 Å². The zero-order valence-corrected chi connectivity index (χ0v) is 14.0. The molecule has 0 unspecified atom stereocenters.